The van der Waals surface area contributed by atoms with Gasteiger partial charge in [0, 0.05) is 6.04 Å². The van der Waals surface area contributed by atoms with Crippen molar-refractivity contribution in [2.45, 2.75) is 83.0 Å². The van der Waals surface area contributed by atoms with Crippen LogP contribution in [0.2, 0.25) is 0 Å². The quantitative estimate of drug-likeness (QED) is 0.764. The van der Waals surface area contributed by atoms with Crippen LogP contribution < -0.4 is 5.32 Å². The second-order valence-corrected chi connectivity index (χ2v) is 6.77. The van der Waals surface area contributed by atoms with Crippen LogP contribution in [0.5, 0.6) is 0 Å². The van der Waals surface area contributed by atoms with Crippen LogP contribution in [0.15, 0.2) is 0 Å². The molecule has 1 aliphatic heterocycles. The molecule has 3 heteroatoms. The highest BCUT2D eigenvalue weighted by atomic mass is 16.2. The molecular formula is C15H26N2O. The zero-order valence-corrected chi connectivity index (χ0v) is 11.7. The largest absolute Gasteiger partial charge is 0.322 e. The summed E-state index contributed by atoms with van der Waals surface area (Å²) in [5.74, 6) is 0.922. The molecule has 0 aromatic carbocycles. The van der Waals surface area contributed by atoms with Gasteiger partial charge in [-0.3, -0.25) is 10.1 Å². The standard InChI is InChI=1S/C15H26N2O/c1-11(2)13-16-15(9-10-15)14(18)17(13)12-7-5-3-4-6-8-12/h11-13,16H,3-10H2,1-2H3. The highest BCUT2D eigenvalue weighted by molar-refractivity contribution is 5.92. The Labute approximate surface area is 110 Å². The van der Waals surface area contributed by atoms with Crippen molar-refractivity contribution < 1.29 is 4.79 Å². The van der Waals surface area contributed by atoms with Crippen molar-refractivity contribution in [2.24, 2.45) is 5.92 Å². The Balaban J connectivity index is 1.80. The Morgan fingerprint density at radius 2 is 1.78 bits per heavy atom. The zero-order chi connectivity index (χ0) is 12.8. The van der Waals surface area contributed by atoms with Crippen LogP contribution >= 0.6 is 0 Å². The Morgan fingerprint density at radius 3 is 2.28 bits per heavy atom. The van der Waals surface area contributed by atoms with Crippen LogP contribution in [0.3, 0.4) is 0 Å². The summed E-state index contributed by atoms with van der Waals surface area (Å²) in [7, 11) is 0. The fraction of sp³-hybridized carbons (Fsp3) is 0.933. The van der Waals surface area contributed by atoms with Gasteiger partial charge < -0.3 is 4.90 Å². The van der Waals surface area contributed by atoms with E-state index in [1.54, 1.807) is 0 Å². The molecule has 2 saturated carbocycles. The van der Waals surface area contributed by atoms with E-state index in [0.717, 1.165) is 12.8 Å². The topological polar surface area (TPSA) is 32.3 Å². The molecule has 1 amide bonds. The lowest BCUT2D eigenvalue weighted by molar-refractivity contribution is -0.133. The number of carbonyl (C=O) groups excluding carboxylic acids is 1. The third-order valence-electron chi connectivity index (χ3n) is 4.97. The van der Waals surface area contributed by atoms with Crippen molar-refractivity contribution in [3.8, 4) is 0 Å². The molecule has 0 bridgehead atoms. The zero-order valence-electron chi connectivity index (χ0n) is 11.7. The summed E-state index contributed by atoms with van der Waals surface area (Å²) in [5, 5.41) is 3.63. The maximum absolute atomic E-state index is 12.7. The lowest BCUT2D eigenvalue weighted by atomic mass is 10.0. The average molecular weight is 250 g/mol. The molecular weight excluding hydrogens is 224 g/mol. The van der Waals surface area contributed by atoms with Gasteiger partial charge in [-0.25, -0.2) is 0 Å². The molecule has 0 aromatic rings. The van der Waals surface area contributed by atoms with Crippen molar-refractivity contribution in [1.82, 2.24) is 10.2 Å². The van der Waals surface area contributed by atoms with Gasteiger partial charge in [0.25, 0.3) is 0 Å². The van der Waals surface area contributed by atoms with Gasteiger partial charge in [-0.2, -0.15) is 0 Å². The van der Waals surface area contributed by atoms with Crippen LogP contribution in [-0.4, -0.2) is 28.6 Å². The van der Waals surface area contributed by atoms with Gasteiger partial charge in [-0.15, -0.1) is 0 Å². The predicted octanol–water partition coefficient (Wildman–Crippen LogP) is 2.66. The van der Waals surface area contributed by atoms with Crippen molar-refractivity contribution in [3.05, 3.63) is 0 Å². The van der Waals surface area contributed by atoms with Crippen LogP contribution in [-0.2, 0) is 4.79 Å². The van der Waals surface area contributed by atoms with Gasteiger partial charge in [-0.05, 0) is 31.6 Å². The van der Waals surface area contributed by atoms with Crippen LogP contribution in [0.25, 0.3) is 0 Å². The molecule has 102 valence electrons. The summed E-state index contributed by atoms with van der Waals surface area (Å²) in [6, 6.07) is 0.500. The second kappa shape index (κ2) is 4.52. The SMILES string of the molecule is CC(C)C1NC2(CC2)C(=O)N1C1CCCCCC1. The smallest absolute Gasteiger partial charge is 0.244 e. The maximum atomic E-state index is 12.7. The van der Waals surface area contributed by atoms with Crippen molar-refractivity contribution in [3.63, 3.8) is 0 Å². The first kappa shape index (κ1) is 12.5. The number of hydrogen-bond donors (Lipinski definition) is 1. The van der Waals surface area contributed by atoms with Gasteiger partial charge in [-0.1, -0.05) is 39.5 Å². The molecule has 3 rings (SSSR count). The molecule has 1 unspecified atom stereocenters. The fourth-order valence-electron chi connectivity index (χ4n) is 3.69. The van der Waals surface area contributed by atoms with Crippen molar-refractivity contribution >= 4 is 5.91 Å². The third-order valence-corrected chi connectivity index (χ3v) is 4.97. The first-order valence-corrected chi connectivity index (χ1v) is 7.74. The number of carbonyl (C=O) groups is 1. The lowest BCUT2D eigenvalue weighted by Gasteiger charge is -2.34. The highest BCUT2D eigenvalue weighted by Crippen LogP contribution is 2.45. The fourth-order valence-corrected chi connectivity index (χ4v) is 3.69. The normalized spacial score (nSPS) is 32.3. The minimum Gasteiger partial charge on any atom is -0.322 e. The second-order valence-electron chi connectivity index (χ2n) is 6.77. The van der Waals surface area contributed by atoms with Gasteiger partial charge in [0.2, 0.25) is 5.91 Å². The van der Waals surface area contributed by atoms with Gasteiger partial charge in [0.1, 0.15) is 0 Å². The molecule has 1 heterocycles. The minimum absolute atomic E-state index is 0.138. The number of hydrogen-bond acceptors (Lipinski definition) is 2. The molecule has 1 spiro atoms. The third kappa shape index (κ3) is 1.97. The number of rotatable bonds is 2. The van der Waals surface area contributed by atoms with E-state index >= 15 is 0 Å². The molecule has 1 saturated heterocycles. The Bertz CT molecular complexity index is 327. The summed E-state index contributed by atoms with van der Waals surface area (Å²) in [4.78, 5) is 14.9. The molecule has 2 aliphatic carbocycles. The molecule has 1 N–H and O–H groups in total. The van der Waals surface area contributed by atoms with E-state index < -0.39 is 0 Å². The van der Waals surface area contributed by atoms with E-state index in [4.69, 9.17) is 0 Å². The summed E-state index contributed by atoms with van der Waals surface area (Å²) in [5.41, 5.74) is -0.138. The number of nitrogens with zero attached hydrogens (tertiary/aromatic N) is 1. The average Bonchev–Trinajstić information content (AvgIpc) is 3.08. The Morgan fingerprint density at radius 1 is 1.17 bits per heavy atom. The minimum atomic E-state index is -0.138. The maximum Gasteiger partial charge on any atom is 0.244 e. The van der Waals surface area contributed by atoms with Gasteiger partial charge >= 0.3 is 0 Å². The van der Waals surface area contributed by atoms with Crippen LogP contribution in [0.1, 0.15) is 65.2 Å². The monoisotopic (exact) mass is 250 g/mol. The van der Waals surface area contributed by atoms with E-state index in [1.165, 1.54) is 38.5 Å². The lowest BCUT2D eigenvalue weighted by Crippen LogP contribution is -2.47. The summed E-state index contributed by atoms with van der Waals surface area (Å²) in [6.07, 6.45) is 10.1. The first-order valence-electron chi connectivity index (χ1n) is 7.74. The van der Waals surface area contributed by atoms with Crippen LogP contribution in [0, 0.1) is 5.92 Å². The summed E-state index contributed by atoms with van der Waals surface area (Å²) in [6.45, 7) is 4.46. The predicted molar refractivity (Wildman–Crippen MR) is 72.1 cm³/mol. The molecule has 18 heavy (non-hydrogen) atoms. The highest BCUT2D eigenvalue weighted by Gasteiger charge is 2.60. The molecule has 1 atom stereocenters. The summed E-state index contributed by atoms with van der Waals surface area (Å²) >= 11 is 0. The van der Waals surface area contributed by atoms with Crippen molar-refractivity contribution in [1.29, 1.82) is 0 Å². The van der Waals surface area contributed by atoms with E-state index in [2.05, 4.69) is 24.1 Å². The molecule has 3 aliphatic rings. The van der Waals surface area contributed by atoms with Crippen LogP contribution in [0.4, 0.5) is 0 Å². The molecule has 3 nitrogen and oxygen atoms in total. The Hall–Kier alpha value is -0.570. The van der Waals surface area contributed by atoms with Gasteiger partial charge in [0.05, 0.1) is 11.7 Å². The Kier molecular flexibility index (Phi) is 3.13. The number of nitrogens with one attached hydrogen (secondary N) is 1. The van der Waals surface area contributed by atoms with Crippen molar-refractivity contribution in [2.75, 3.05) is 0 Å². The molecule has 0 aromatic heterocycles. The number of amides is 1. The first-order chi connectivity index (χ1) is 8.64. The van der Waals surface area contributed by atoms with Gasteiger partial charge in [0.15, 0.2) is 0 Å². The van der Waals surface area contributed by atoms with E-state index in [-0.39, 0.29) is 11.7 Å². The molecule has 0 radical (unpaired) electrons. The summed E-state index contributed by atoms with van der Waals surface area (Å²) < 4.78 is 0. The van der Waals surface area contributed by atoms with E-state index in [9.17, 15) is 4.79 Å². The molecule has 3 fully saturated rings. The van der Waals surface area contributed by atoms with E-state index in [0.29, 0.717) is 17.9 Å². The van der Waals surface area contributed by atoms with E-state index in [1.807, 2.05) is 0 Å².